The Labute approximate surface area is 110 Å². The number of rotatable bonds is 3. The van der Waals surface area contributed by atoms with Crippen molar-refractivity contribution in [2.45, 2.75) is 38.9 Å². The highest BCUT2D eigenvalue weighted by molar-refractivity contribution is 14.1. The average molecular weight is 332 g/mol. The van der Waals surface area contributed by atoms with Crippen LogP contribution in [0.4, 0.5) is 0 Å². The summed E-state index contributed by atoms with van der Waals surface area (Å²) in [4.78, 5) is 0. The third-order valence-electron chi connectivity index (χ3n) is 3.77. The normalized spacial score (nSPS) is 33.2. The van der Waals surface area contributed by atoms with Gasteiger partial charge in [0.2, 0.25) is 0 Å². The molecule has 1 aromatic carbocycles. The molecule has 3 unspecified atom stereocenters. The lowest BCUT2D eigenvalue weighted by atomic mass is 9.63. The lowest BCUT2D eigenvalue weighted by molar-refractivity contribution is -0.147. The molecule has 0 heterocycles. The molecule has 3 atom stereocenters. The summed E-state index contributed by atoms with van der Waals surface area (Å²) in [5.74, 6) is 0.906. The summed E-state index contributed by atoms with van der Waals surface area (Å²) in [5, 5.41) is 9.79. The molecule has 1 aliphatic rings. The molecule has 0 radical (unpaired) electrons. The van der Waals surface area contributed by atoms with Crippen molar-refractivity contribution in [3.8, 4) is 5.75 Å². The predicted molar refractivity (Wildman–Crippen MR) is 72.6 cm³/mol. The van der Waals surface area contributed by atoms with Crippen molar-refractivity contribution in [3.05, 3.63) is 27.8 Å². The van der Waals surface area contributed by atoms with E-state index in [0.29, 0.717) is 0 Å². The van der Waals surface area contributed by atoms with Crippen LogP contribution >= 0.6 is 22.6 Å². The van der Waals surface area contributed by atoms with Crippen molar-refractivity contribution in [1.82, 2.24) is 0 Å². The van der Waals surface area contributed by atoms with Gasteiger partial charge in [-0.1, -0.05) is 19.9 Å². The maximum Gasteiger partial charge on any atom is 0.120 e. The maximum atomic E-state index is 9.79. The molecule has 3 heteroatoms. The third kappa shape index (κ3) is 2.07. The molecule has 0 spiro atoms. The SMILES string of the molecule is CCC1(C)C(O)CC1Oc1cccc(I)c1. The molecule has 16 heavy (non-hydrogen) atoms. The van der Waals surface area contributed by atoms with Gasteiger partial charge in [-0.25, -0.2) is 0 Å². The first-order chi connectivity index (χ1) is 7.56. The van der Waals surface area contributed by atoms with E-state index < -0.39 is 0 Å². The molecule has 1 N–H and O–H groups in total. The van der Waals surface area contributed by atoms with E-state index in [1.807, 2.05) is 24.3 Å². The summed E-state index contributed by atoms with van der Waals surface area (Å²) >= 11 is 2.28. The summed E-state index contributed by atoms with van der Waals surface area (Å²) in [6.45, 7) is 4.20. The first-order valence-electron chi connectivity index (χ1n) is 5.66. The molecular formula is C13H17IO2. The Morgan fingerprint density at radius 3 is 2.88 bits per heavy atom. The van der Waals surface area contributed by atoms with E-state index in [4.69, 9.17) is 4.74 Å². The molecule has 2 nitrogen and oxygen atoms in total. The molecular weight excluding hydrogens is 315 g/mol. The van der Waals surface area contributed by atoms with E-state index in [2.05, 4.69) is 36.4 Å². The quantitative estimate of drug-likeness (QED) is 0.862. The van der Waals surface area contributed by atoms with E-state index in [1.165, 1.54) is 3.57 Å². The van der Waals surface area contributed by atoms with E-state index >= 15 is 0 Å². The van der Waals surface area contributed by atoms with Crippen LogP contribution in [0.25, 0.3) is 0 Å². The summed E-state index contributed by atoms with van der Waals surface area (Å²) in [6, 6.07) is 8.04. The Hall–Kier alpha value is -0.290. The Balaban J connectivity index is 2.06. The van der Waals surface area contributed by atoms with Gasteiger partial charge in [0.05, 0.1) is 6.10 Å². The van der Waals surface area contributed by atoms with E-state index in [1.54, 1.807) is 0 Å². The monoisotopic (exact) mass is 332 g/mol. The number of benzene rings is 1. The minimum absolute atomic E-state index is 0.0821. The maximum absolute atomic E-state index is 9.79. The molecule has 0 bridgehead atoms. The van der Waals surface area contributed by atoms with Crippen LogP contribution in [-0.4, -0.2) is 17.3 Å². The molecule has 0 saturated heterocycles. The van der Waals surface area contributed by atoms with Crippen molar-refractivity contribution >= 4 is 22.6 Å². The zero-order valence-corrected chi connectivity index (χ0v) is 11.8. The topological polar surface area (TPSA) is 29.5 Å². The van der Waals surface area contributed by atoms with Crippen molar-refractivity contribution in [2.75, 3.05) is 0 Å². The van der Waals surface area contributed by atoms with Crippen LogP contribution in [0.15, 0.2) is 24.3 Å². The zero-order valence-electron chi connectivity index (χ0n) is 9.61. The van der Waals surface area contributed by atoms with Crippen LogP contribution in [0.5, 0.6) is 5.75 Å². The van der Waals surface area contributed by atoms with Crippen molar-refractivity contribution in [2.24, 2.45) is 5.41 Å². The van der Waals surface area contributed by atoms with Crippen LogP contribution < -0.4 is 4.74 Å². The van der Waals surface area contributed by atoms with Gasteiger partial charge in [0.15, 0.2) is 0 Å². The lowest BCUT2D eigenvalue weighted by Crippen LogP contribution is -2.57. The fraction of sp³-hybridized carbons (Fsp3) is 0.538. The summed E-state index contributed by atoms with van der Waals surface area (Å²) in [5.41, 5.74) is -0.0821. The van der Waals surface area contributed by atoms with Crippen LogP contribution in [0.1, 0.15) is 26.7 Å². The Kier molecular flexibility index (Phi) is 3.45. The van der Waals surface area contributed by atoms with Gasteiger partial charge in [-0.05, 0) is 47.2 Å². The van der Waals surface area contributed by atoms with Crippen LogP contribution in [0, 0.1) is 8.99 Å². The highest BCUT2D eigenvalue weighted by atomic mass is 127. The van der Waals surface area contributed by atoms with Crippen molar-refractivity contribution in [3.63, 3.8) is 0 Å². The second kappa shape index (κ2) is 4.53. The average Bonchev–Trinajstić information content (AvgIpc) is 2.27. The molecule has 0 aromatic heterocycles. The lowest BCUT2D eigenvalue weighted by Gasteiger charge is -2.50. The van der Waals surface area contributed by atoms with E-state index in [0.717, 1.165) is 18.6 Å². The number of ether oxygens (including phenoxy) is 1. The second-order valence-electron chi connectivity index (χ2n) is 4.67. The molecule has 0 amide bonds. The van der Waals surface area contributed by atoms with Gasteiger partial charge >= 0.3 is 0 Å². The van der Waals surface area contributed by atoms with Crippen LogP contribution in [0.2, 0.25) is 0 Å². The molecule has 2 rings (SSSR count). The first-order valence-corrected chi connectivity index (χ1v) is 6.74. The molecule has 0 aliphatic heterocycles. The Morgan fingerprint density at radius 2 is 2.31 bits per heavy atom. The van der Waals surface area contributed by atoms with Crippen molar-refractivity contribution in [1.29, 1.82) is 0 Å². The minimum Gasteiger partial charge on any atom is -0.490 e. The fourth-order valence-electron chi connectivity index (χ4n) is 2.15. The number of hydrogen-bond acceptors (Lipinski definition) is 2. The predicted octanol–water partition coefficient (Wildman–Crippen LogP) is 3.22. The molecule has 1 aliphatic carbocycles. The standard InChI is InChI=1S/C13H17IO2/c1-3-13(2)11(15)8-12(13)16-10-6-4-5-9(14)7-10/h4-7,11-12,15H,3,8H2,1-2H3. The van der Waals surface area contributed by atoms with Gasteiger partial charge in [0, 0.05) is 15.4 Å². The second-order valence-corrected chi connectivity index (χ2v) is 5.92. The molecule has 1 fully saturated rings. The highest BCUT2D eigenvalue weighted by Crippen LogP contribution is 2.45. The Bertz CT molecular complexity index is 380. The zero-order chi connectivity index (χ0) is 11.8. The molecule has 1 aromatic rings. The molecule has 1 saturated carbocycles. The van der Waals surface area contributed by atoms with Gasteiger partial charge in [-0.15, -0.1) is 0 Å². The van der Waals surface area contributed by atoms with Gasteiger partial charge < -0.3 is 9.84 Å². The summed E-state index contributed by atoms with van der Waals surface area (Å²) in [7, 11) is 0. The fourth-order valence-corrected chi connectivity index (χ4v) is 2.66. The van der Waals surface area contributed by atoms with E-state index in [-0.39, 0.29) is 17.6 Å². The summed E-state index contributed by atoms with van der Waals surface area (Å²) in [6.07, 6.45) is 1.62. The highest BCUT2D eigenvalue weighted by Gasteiger charge is 2.51. The number of hydrogen-bond donors (Lipinski definition) is 1. The summed E-state index contributed by atoms with van der Waals surface area (Å²) < 4.78 is 7.12. The van der Waals surface area contributed by atoms with Gasteiger partial charge in [0.1, 0.15) is 11.9 Å². The minimum atomic E-state index is -0.217. The van der Waals surface area contributed by atoms with Gasteiger partial charge in [-0.2, -0.15) is 0 Å². The molecule has 88 valence electrons. The van der Waals surface area contributed by atoms with Gasteiger partial charge in [0.25, 0.3) is 0 Å². The largest absolute Gasteiger partial charge is 0.490 e. The number of aliphatic hydroxyl groups is 1. The number of aliphatic hydroxyl groups excluding tert-OH is 1. The van der Waals surface area contributed by atoms with Gasteiger partial charge in [-0.3, -0.25) is 0 Å². The van der Waals surface area contributed by atoms with Crippen LogP contribution in [0.3, 0.4) is 0 Å². The first kappa shape index (κ1) is 12.2. The smallest absolute Gasteiger partial charge is 0.120 e. The number of halogens is 1. The third-order valence-corrected chi connectivity index (χ3v) is 4.44. The van der Waals surface area contributed by atoms with E-state index in [9.17, 15) is 5.11 Å². The van der Waals surface area contributed by atoms with Crippen LogP contribution in [-0.2, 0) is 0 Å². The Morgan fingerprint density at radius 1 is 1.56 bits per heavy atom. The van der Waals surface area contributed by atoms with Crippen molar-refractivity contribution < 1.29 is 9.84 Å².